The second-order valence-corrected chi connectivity index (χ2v) is 5.84. The molecule has 0 spiro atoms. The van der Waals surface area contributed by atoms with Gasteiger partial charge in [-0.25, -0.2) is 0 Å². The van der Waals surface area contributed by atoms with Gasteiger partial charge in [0.15, 0.2) is 5.78 Å². The van der Waals surface area contributed by atoms with E-state index in [1.165, 1.54) is 0 Å². The normalized spacial score (nSPS) is 13.3. The van der Waals surface area contributed by atoms with Crippen LogP contribution in [0.2, 0.25) is 0 Å². The van der Waals surface area contributed by atoms with Gasteiger partial charge in [-0.3, -0.25) is 9.78 Å². The molecule has 0 bridgehead atoms. The molecule has 0 saturated carbocycles. The highest BCUT2D eigenvalue weighted by atomic mass is 16.1. The van der Waals surface area contributed by atoms with Gasteiger partial charge in [-0.1, -0.05) is 20.8 Å². The number of hydrogen-bond acceptors (Lipinski definition) is 3. The second-order valence-electron chi connectivity index (χ2n) is 5.84. The zero-order valence-electron chi connectivity index (χ0n) is 11.6. The molecule has 0 aromatic carbocycles. The van der Waals surface area contributed by atoms with Crippen LogP contribution >= 0.6 is 0 Å². The molecular weight excluding hydrogens is 224 g/mol. The lowest BCUT2D eigenvalue weighted by Gasteiger charge is -2.30. The van der Waals surface area contributed by atoms with Crippen molar-refractivity contribution in [2.75, 3.05) is 6.54 Å². The van der Waals surface area contributed by atoms with Crippen molar-refractivity contribution in [1.29, 1.82) is 0 Å². The van der Waals surface area contributed by atoms with E-state index in [0.717, 1.165) is 12.8 Å². The Morgan fingerprint density at radius 2 is 2.11 bits per heavy atom. The molecule has 0 amide bonds. The molecule has 1 rings (SSSR count). The fraction of sp³-hybridized carbons (Fsp3) is 0.600. The highest BCUT2D eigenvalue weighted by molar-refractivity contribution is 5.95. The number of aromatic nitrogens is 1. The van der Waals surface area contributed by atoms with Gasteiger partial charge >= 0.3 is 0 Å². The molecule has 1 aromatic heterocycles. The summed E-state index contributed by atoms with van der Waals surface area (Å²) in [4.78, 5) is 16.0. The highest BCUT2D eigenvalue weighted by Crippen LogP contribution is 2.32. The molecule has 0 aliphatic heterocycles. The Morgan fingerprint density at radius 3 is 2.61 bits per heavy atom. The van der Waals surface area contributed by atoms with E-state index in [-0.39, 0.29) is 11.2 Å². The summed E-state index contributed by atoms with van der Waals surface area (Å²) in [5.41, 5.74) is 6.56. The molecule has 1 atom stereocenters. The van der Waals surface area contributed by atoms with Crippen LogP contribution in [0.25, 0.3) is 0 Å². The number of ketones is 1. The molecular formula is C15H24N2O. The topological polar surface area (TPSA) is 56.0 Å². The lowest BCUT2D eigenvalue weighted by atomic mass is 9.76. The van der Waals surface area contributed by atoms with Crippen LogP contribution in [-0.4, -0.2) is 17.3 Å². The van der Waals surface area contributed by atoms with Crippen LogP contribution in [0.15, 0.2) is 24.5 Å². The molecule has 3 heteroatoms. The molecule has 2 N–H and O–H groups in total. The molecule has 18 heavy (non-hydrogen) atoms. The lowest BCUT2D eigenvalue weighted by molar-refractivity contribution is 0.0957. The number of carbonyl (C=O) groups is 1. The summed E-state index contributed by atoms with van der Waals surface area (Å²) >= 11 is 0. The van der Waals surface area contributed by atoms with Crippen molar-refractivity contribution in [1.82, 2.24) is 4.98 Å². The summed E-state index contributed by atoms with van der Waals surface area (Å²) in [5, 5.41) is 0. The van der Waals surface area contributed by atoms with E-state index in [1.807, 2.05) is 6.07 Å². The summed E-state index contributed by atoms with van der Waals surface area (Å²) in [6, 6.07) is 3.62. The highest BCUT2D eigenvalue weighted by Gasteiger charge is 2.24. The van der Waals surface area contributed by atoms with E-state index < -0.39 is 0 Å². The molecule has 0 fully saturated rings. The van der Waals surface area contributed by atoms with Crippen LogP contribution in [0, 0.1) is 11.3 Å². The van der Waals surface area contributed by atoms with Crippen molar-refractivity contribution in [3.63, 3.8) is 0 Å². The number of nitrogens with two attached hydrogens (primary N) is 1. The van der Waals surface area contributed by atoms with Gasteiger partial charge in [-0.2, -0.15) is 0 Å². The zero-order valence-corrected chi connectivity index (χ0v) is 11.6. The number of Topliss-reactive ketones (excluding diaryl/α,β-unsaturated/α-hetero) is 1. The van der Waals surface area contributed by atoms with Crippen LogP contribution in [-0.2, 0) is 0 Å². The van der Waals surface area contributed by atoms with Gasteiger partial charge in [0.1, 0.15) is 0 Å². The van der Waals surface area contributed by atoms with Crippen LogP contribution in [0.3, 0.4) is 0 Å². The quantitative estimate of drug-likeness (QED) is 0.787. The molecule has 1 heterocycles. The van der Waals surface area contributed by atoms with E-state index in [9.17, 15) is 4.79 Å². The lowest BCUT2D eigenvalue weighted by Crippen LogP contribution is -2.24. The summed E-state index contributed by atoms with van der Waals surface area (Å²) in [6.45, 7) is 7.31. The largest absolute Gasteiger partial charge is 0.330 e. The van der Waals surface area contributed by atoms with Gasteiger partial charge in [-0.15, -0.1) is 0 Å². The Kier molecular flexibility index (Phi) is 5.48. The van der Waals surface area contributed by atoms with Crippen molar-refractivity contribution >= 4 is 5.78 Å². The van der Waals surface area contributed by atoms with Crippen LogP contribution < -0.4 is 5.73 Å². The third kappa shape index (κ3) is 4.57. The average Bonchev–Trinajstić information content (AvgIpc) is 2.33. The number of hydrogen-bond donors (Lipinski definition) is 1. The summed E-state index contributed by atoms with van der Waals surface area (Å²) in [6.07, 6.45) is 5.77. The van der Waals surface area contributed by atoms with Crippen molar-refractivity contribution < 1.29 is 4.79 Å². The third-order valence-corrected chi connectivity index (χ3v) is 3.44. The first-order chi connectivity index (χ1) is 8.45. The minimum Gasteiger partial charge on any atom is -0.330 e. The van der Waals surface area contributed by atoms with E-state index in [2.05, 4.69) is 25.8 Å². The molecule has 3 nitrogen and oxygen atoms in total. The van der Waals surface area contributed by atoms with Crippen LogP contribution in [0.5, 0.6) is 0 Å². The maximum Gasteiger partial charge on any atom is 0.164 e. The second kappa shape index (κ2) is 6.64. The Bertz CT molecular complexity index is 368. The summed E-state index contributed by atoms with van der Waals surface area (Å²) < 4.78 is 0. The maximum atomic E-state index is 12.0. The third-order valence-electron chi connectivity index (χ3n) is 3.44. The van der Waals surface area contributed by atoms with E-state index in [0.29, 0.717) is 24.4 Å². The Hall–Kier alpha value is -1.22. The van der Waals surface area contributed by atoms with Crippen molar-refractivity contribution in [2.24, 2.45) is 17.1 Å². The Morgan fingerprint density at radius 1 is 1.39 bits per heavy atom. The SMILES string of the molecule is CC(C)(C)C(CCN)CCC(=O)c1cccnc1. The van der Waals surface area contributed by atoms with Crippen molar-refractivity contribution in [2.45, 2.75) is 40.0 Å². The standard InChI is InChI=1S/C15H24N2O/c1-15(2,3)13(8-9-16)6-7-14(18)12-5-4-10-17-11-12/h4-5,10-11,13H,6-9,16H2,1-3H3. The first-order valence-electron chi connectivity index (χ1n) is 6.58. The van der Waals surface area contributed by atoms with E-state index in [1.54, 1.807) is 18.5 Å². The molecule has 0 saturated heterocycles. The Balaban J connectivity index is 2.55. The van der Waals surface area contributed by atoms with Gasteiger partial charge < -0.3 is 5.73 Å². The van der Waals surface area contributed by atoms with Crippen LogP contribution in [0.4, 0.5) is 0 Å². The van der Waals surface area contributed by atoms with Crippen LogP contribution in [0.1, 0.15) is 50.4 Å². The fourth-order valence-corrected chi connectivity index (χ4v) is 2.19. The summed E-state index contributed by atoms with van der Waals surface area (Å²) in [7, 11) is 0. The van der Waals surface area contributed by atoms with E-state index in [4.69, 9.17) is 5.73 Å². The number of pyridine rings is 1. The molecule has 1 aromatic rings. The fourth-order valence-electron chi connectivity index (χ4n) is 2.19. The first-order valence-corrected chi connectivity index (χ1v) is 6.58. The van der Waals surface area contributed by atoms with Gasteiger partial charge in [0.25, 0.3) is 0 Å². The van der Waals surface area contributed by atoms with E-state index >= 15 is 0 Å². The average molecular weight is 248 g/mol. The van der Waals surface area contributed by atoms with Gasteiger partial charge in [0.2, 0.25) is 0 Å². The first kappa shape index (κ1) is 14.8. The predicted molar refractivity (Wildman–Crippen MR) is 74.4 cm³/mol. The molecule has 0 aliphatic carbocycles. The molecule has 1 unspecified atom stereocenters. The van der Waals surface area contributed by atoms with Crippen molar-refractivity contribution in [3.8, 4) is 0 Å². The van der Waals surface area contributed by atoms with Gasteiger partial charge in [-0.05, 0) is 42.9 Å². The molecule has 100 valence electrons. The molecule has 0 radical (unpaired) electrons. The predicted octanol–water partition coefficient (Wildman–Crippen LogP) is 3.06. The Labute approximate surface area is 110 Å². The smallest absolute Gasteiger partial charge is 0.164 e. The minimum absolute atomic E-state index is 0.175. The number of rotatable bonds is 6. The number of nitrogens with zero attached hydrogens (tertiary/aromatic N) is 1. The minimum atomic E-state index is 0.175. The zero-order chi connectivity index (χ0) is 13.6. The summed E-state index contributed by atoms with van der Waals surface area (Å²) in [5.74, 6) is 0.664. The van der Waals surface area contributed by atoms with Gasteiger partial charge in [0.05, 0.1) is 0 Å². The maximum absolute atomic E-state index is 12.0. The number of carbonyl (C=O) groups excluding carboxylic acids is 1. The monoisotopic (exact) mass is 248 g/mol. The van der Waals surface area contributed by atoms with Gasteiger partial charge in [0, 0.05) is 24.4 Å². The molecule has 0 aliphatic rings. The van der Waals surface area contributed by atoms with Crippen molar-refractivity contribution in [3.05, 3.63) is 30.1 Å².